The summed E-state index contributed by atoms with van der Waals surface area (Å²) >= 11 is -2.60. The number of carbonyl (C=O) groups excluding carboxylic acids is 1. The molecule has 2 aromatic rings. The number of hydrogen-bond acceptors (Lipinski definition) is 3. The summed E-state index contributed by atoms with van der Waals surface area (Å²) in [6, 6.07) is 19.3. The molecule has 3 nitrogen and oxygen atoms in total. The van der Waals surface area contributed by atoms with Gasteiger partial charge in [-0.15, -0.1) is 0 Å². The second-order valence-electron chi connectivity index (χ2n) is 10.9. The molecule has 0 saturated heterocycles. The number of unbranched alkanes of at least 4 members (excludes halogenated alkanes) is 3. The SMILES string of the molecule is CCC[CH2][Sn]([CH2]CCC)([CH2]CCC)/[C](=C/C(C)(C)/C(=N/OC(=O)c1ccccc1)c1ccccc1)CC. The van der Waals surface area contributed by atoms with Gasteiger partial charge in [0.2, 0.25) is 0 Å². The average Bonchev–Trinajstić information content (AvgIpc) is 2.92. The molecule has 0 fully saturated rings. The zero-order valence-electron chi connectivity index (χ0n) is 24.2. The average molecular weight is 610 g/mol. The van der Waals surface area contributed by atoms with E-state index >= 15 is 0 Å². The Hall–Kier alpha value is -1.88. The van der Waals surface area contributed by atoms with Crippen LogP contribution in [0.4, 0.5) is 0 Å². The minimum absolute atomic E-state index is 0.365. The van der Waals surface area contributed by atoms with Gasteiger partial charge in [-0.25, -0.2) is 0 Å². The summed E-state index contributed by atoms with van der Waals surface area (Å²) in [5.74, 6) is -0.424. The normalized spacial score (nSPS) is 13.0. The van der Waals surface area contributed by atoms with Gasteiger partial charge in [0.25, 0.3) is 0 Å². The van der Waals surface area contributed by atoms with E-state index < -0.39 is 24.3 Å². The van der Waals surface area contributed by atoms with Crippen molar-refractivity contribution in [2.45, 2.75) is 99.8 Å². The molecule has 0 aromatic heterocycles. The molecular formula is C33H49NO2Sn. The number of allylic oxidation sites excluding steroid dienone is 2. The quantitative estimate of drug-likeness (QED) is 0.0822. The molecule has 37 heavy (non-hydrogen) atoms. The standard InChI is InChI=1S/C21H22NO2.3C4H9.Sn/c1-4-5-16-21(2,3)19(17-12-8-6-9-13-17)22-24-20(23)18-14-10-7-11-15-18;3*1-3-4-2;/h6-16H,4H2,1-3H3;3*1,3-4H2,2H3;/b16-5?,22-19+;;;;. The summed E-state index contributed by atoms with van der Waals surface area (Å²) in [6.07, 6.45) is 11.5. The third-order valence-corrected chi connectivity index (χ3v) is 24.0. The van der Waals surface area contributed by atoms with Crippen molar-refractivity contribution in [2.75, 3.05) is 0 Å². The summed E-state index contributed by atoms with van der Waals surface area (Å²) in [7, 11) is 0. The summed E-state index contributed by atoms with van der Waals surface area (Å²) in [6.45, 7) is 13.8. The second-order valence-corrected chi connectivity index (χ2v) is 24.3. The van der Waals surface area contributed by atoms with Gasteiger partial charge in [-0.3, -0.25) is 0 Å². The third kappa shape index (κ3) is 9.42. The Morgan fingerprint density at radius 2 is 1.24 bits per heavy atom. The Morgan fingerprint density at radius 3 is 1.68 bits per heavy atom. The van der Waals surface area contributed by atoms with E-state index in [4.69, 9.17) is 4.84 Å². The molecule has 0 N–H and O–H groups in total. The van der Waals surface area contributed by atoms with Crippen LogP contribution in [0, 0.1) is 5.41 Å². The monoisotopic (exact) mass is 611 g/mol. The van der Waals surface area contributed by atoms with Crippen molar-refractivity contribution < 1.29 is 9.63 Å². The Morgan fingerprint density at radius 1 is 0.784 bits per heavy atom. The van der Waals surface area contributed by atoms with E-state index in [1.807, 2.05) is 36.4 Å². The van der Waals surface area contributed by atoms with Gasteiger partial charge in [0.05, 0.1) is 0 Å². The topological polar surface area (TPSA) is 38.7 Å². The summed E-state index contributed by atoms with van der Waals surface area (Å²) < 4.78 is 6.08. The Balaban J connectivity index is 2.56. The van der Waals surface area contributed by atoms with Gasteiger partial charge in [0.1, 0.15) is 0 Å². The van der Waals surface area contributed by atoms with Crippen molar-refractivity contribution in [2.24, 2.45) is 10.6 Å². The van der Waals surface area contributed by atoms with Crippen LogP contribution in [0.3, 0.4) is 0 Å². The fourth-order valence-electron chi connectivity index (χ4n) is 5.39. The molecule has 0 spiro atoms. The third-order valence-electron chi connectivity index (χ3n) is 7.51. The second kappa shape index (κ2) is 16.2. The van der Waals surface area contributed by atoms with E-state index in [9.17, 15) is 4.79 Å². The first kappa shape index (κ1) is 31.3. The van der Waals surface area contributed by atoms with Gasteiger partial charge in [-0.05, 0) is 0 Å². The Kier molecular flexibility index (Phi) is 13.7. The maximum absolute atomic E-state index is 12.8. The van der Waals surface area contributed by atoms with Gasteiger partial charge in [-0.2, -0.15) is 0 Å². The van der Waals surface area contributed by atoms with E-state index in [1.54, 1.807) is 15.7 Å². The van der Waals surface area contributed by atoms with E-state index in [2.05, 4.69) is 64.9 Å². The molecule has 0 radical (unpaired) electrons. The van der Waals surface area contributed by atoms with E-state index in [-0.39, 0.29) is 5.41 Å². The number of benzene rings is 2. The molecule has 2 aromatic carbocycles. The van der Waals surface area contributed by atoms with Gasteiger partial charge in [0, 0.05) is 0 Å². The fourth-order valence-corrected chi connectivity index (χ4v) is 23.1. The van der Waals surface area contributed by atoms with Crippen LogP contribution in [-0.4, -0.2) is 30.1 Å². The predicted octanol–water partition coefficient (Wildman–Crippen LogP) is 10.00. The van der Waals surface area contributed by atoms with Crippen LogP contribution < -0.4 is 0 Å². The Bertz CT molecular complexity index is 974. The molecule has 0 aliphatic rings. The van der Waals surface area contributed by atoms with E-state index in [1.165, 1.54) is 51.8 Å². The number of rotatable bonds is 16. The number of oxime groups is 1. The molecule has 0 bridgehead atoms. The van der Waals surface area contributed by atoms with Crippen LogP contribution in [0.25, 0.3) is 0 Å². The summed E-state index contributed by atoms with van der Waals surface area (Å²) in [5, 5.41) is 4.54. The van der Waals surface area contributed by atoms with Crippen LogP contribution in [0.1, 0.15) is 102 Å². The van der Waals surface area contributed by atoms with Gasteiger partial charge >= 0.3 is 232 Å². The predicted molar refractivity (Wildman–Crippen MR) is 162 cm³/mol. The zero-order chi connectivity index (χ0) is 27.2. The number of hydrogen-bond donors (Lipinski definition) is 0. The van der Waals surface area contributed by atoms with Crippen molar-refractivity contribution in [1.82, 2.24) is 0 Å². The van der Waals surface area contributed by atoms with Crippen LogP contribution in [0.15, 0.2) is 75.5 Å². The Labute approximate surface area is 230 Å². The first-order chi connectivity index (χ1) is 17.8. The van der Waals surface area contributed by atoms with Crippen molar-refractivity contribution >= 4 is 30.1 Å². The fraction of sp³-hybridized carbons (Fsp3) is 0.515. The van der Waals surface area contributed by atoms with Crippen LogP contribution in [0.2, 0.25) is 13.3 Å². The van der Waals surface area contributed by atoms with Crippen LogP contribution >= 0.6 is 0 Å². The van der Waals surface area contributed by atoms with Crippen molar-refractivity contribution in [3.63, 3.8) is 0 Å². The van der Waals surface area contributed by atoms with Crippen molar-refractivity contribution in [3.05, 3.63) is 81.5 Å². The van der Waals surface area contributed by atoms with E-state index in [0.717, 1.165) is 17.7 Å². The van der Waals surface area contributed by atoms with Crippen molar-refractivity contribution in [3.8, 4) is 0 Å². The van der Waals surface area contributed by atoms with Gasteiger partial charge in [-0.1, -0.05) is 0 Å². The molecule has 0 aliphatic carbocycles. The first-order valence-corrected chi connectivity index (χ1v) is 21.9. The molecule has 0 atom stereocenters. The molecule has 0 aliphatic heterocycles. The molecule has 0 heterocycles. The molecule has 4 heteroatoms. The van der Waals surface area contributed by atoms with Gasteiger partial charge in [0.15, 0.2) is 0 Å². The molecule has 0 amide bonds. The molecule has 202 valence electrons. The molecule has 0 saturated carbocycles. The van der Waals surface area contributed by atoms with Crippen LogP contribution in [-0.2, 0) is 4.84 Å². The zero-order valence-corrected chi connectivity index (χ0v) is 27.0. The van der Waals surface area contributed by atoms with Crippen molar-refractivity contribution in [1.29, 1.82) is 0 Å². The number of carbonyl (C=O) groups is 1. The van der Waals surface area contributed by atoms with Gasteiger partial charge < -0.3 is 0 Å². The summed E-state index contributed by atoms with van der Waals surface area (Å²) in [5.41, 5.74) is 1.95. The first-order valence-electron chi connectivity index (χ1n) is 14.5. The molecule has 0 unspecified atom stereocenters. The minimum atomic E-state index is -2.60. The number of nitrogens with zero attached hydrogens (tertiary/aromatic N) is 1. The molecular weight excluding hydrogens is 561 g/mol. The van der Waals surface area contributed by atoms with E-state index in [0.29, 0.717) is 5.56 Å². The maximum atomic E-state index is 12.8. The summed E-state index contributed by atoms with van der Waals surface area (Å²) in [4.78, 5) is 18.3. The van der Waals surface area contributed by atoms with Crippen LogP contribution in [0.5, 0.6) is 0 Å². The molecule has 2 rings (SSSR count).